The summed E-state index contributed by atoms with van der Waals surface area (Å²) in [7, 11) is 1.72. The number of benzene rings is 1. The van der Waals surface area contributed by atoms with E-state index in [0.29, 0.717) is 11.3 Å². The number of allylic oxidation sites excluding steroid dienone is 1. The van der Waals surface area contributed by atoms with Crippen LogP contribution in [0.2, 0.25) is 0 Å². The highest BCUT2D eigenvalue weighted by atomic mass is 16.6. The van der Waals surface area contributed by atoms with Crippen LogP contribution >= 0.6 is 0 Å². The molecule has 4 rings (SSSR count). The molecular weight excluding hydrogens is 462 g/mol. The molecule has 2 aromatic rings. The first-order valence-electron chi connectivity index (χ1n) is 12.2. The van der Waals surface area contributed by atoms with Crippen molar-refractivity contribution in [3.05, 3.63) is 47.6 Å². The van der Waals surface area contributed by atoms with Gasteiger partial charge in [-0.15, -0.1) is 0 Å². The summed E-state index contributed by atoms with van der Waals surface area (Å²) >= 11 is 0. The molecule has 9 heteroatoms. The van der Waals surface area contributed by atoms with Crippen LogP contribution in [0, 0.1) is 0 Å². The fourth-order valence-corrected chi connectivity index (χ4v) is 4.75. The Hall–Kier alpha value is -3.46. The van der Waals surface area contributed by atoms with E-state index in [1.165, 1.54) is 11.3 Å². The minimum atomic E-state index is -0.912. The maximum absolute atomic E-state index is 13.1. The molecule has 1 aliphatic heterocycles. The van der Waals surface area contributed by atoms with Crippen LogP contribution in [0.1, 0.15) is 74.6 Å². The van der Waals surface area contributed by atoms with E-state index in [1.807, 2.05) is 12.1 Å². The molecule has 0 saturated heterocycles. The SMILES string of the molecule is COC1CC=C(c2ocnc2-c2ccc3c(c2)CN(C(CCC(=O)OC(C)(C)C)C(N)=O)C3=O)CC1. The zero-order valence-corrected chi connectivity index (χ0v) is 21.2. The second kappa shape index (κ2) is 10.3. The average molecular weight is 496 g/mol. The maximum atomic E-state index is 13.1. The van der Waals surface area contributed by atoms with Gasteiger partial charge in [0.2, 0.25) is 5.91 Å². The second-order valence-electron chi connectivity index (χ2n) is 10.2. The fourth-order valence-electron chi connectivity index (χ4n) is 4.75. The summed E-state index contributed by atoms with van der Waals surface area (Å²) in [4.78, 5) is 43.4. The Kier molecular flexibility index (Phi) is 7.31. The zero-order chi connectivity index (χ0) is 26.0. The van der Waals surface area contributed by atoms with E-state index in [0.717, 1.165) is 41.7 Å². The van der Waals surface area contributed by atoms with E-state index < -0.39 is 23.5 Å². The number of primary amides is 1. The van der Waals surface area contributed by atoms with Gasteiger partial charge in [-0.3, -0.25) is 14.4 Å². The molecule has 36 heavy (non-hydrogen) atoms. The molecule has 0 saturated carbocycles. The molecule has 0 spiro atoms. The average Bonchev–Trinajstić information content (AvgIpc) is 3.43. The first-order chi connectivity index (χ1) is 17.1. The van der Waals surface area contributed by atoms with Crippen LogP contribution in [0.3, 0.4) is 0 Å². The Bertz CT molecular complexity index is 1190. The number of hydrogen-bond donors (Lipinski definition) is 1. The van der Waals surface area contributed by atoms with Gasteiger partial charge in [0.25, 0.3) is 5.91 Å². The van der Waals surface area contributed by atoms with Gasteiger partial charge in [-0.2, -0.15) is 0 Å². The lowest BCUT2D eigenvalue weighted by Crippen LogP contribution is -2.45. The molecule has 2 unspecified atom stereocenters. The Labute approximate surface area is 210 Å². The summed E-state index contributed by atoms with van der Waals surface area (Å²) in [6.45, 7) is 5.54. The summed E-state index contributed by atoms with van der Waals surface area (Å²) in [6, 6.07) is 4.57. The van der Waals surface area contributed by atoms with Crippen LogP contribution in [-0.2, 0) is 25.6 Å². The highest BCUT2D eigenvalue weighted by molar-refractivity contribution is 6.01. The van der Waals surface area contributed by atoms with Crippen molar-refractivity contribution in [3.63, 3.8) is 0 Å². The van der Waals surface area contributed by atoms with Gasteiger partial charge in [-0.05, 0) is 69.7 Å². The van der Waals surface area contributed by atoms with Gasteiger partial charge in [0.05, 0.1) is 6.10 Å². The van der Waals surface area contributed by atoms with Crippen LogP contribution in [-0.4, -0.2) is 52.5 Å². The van der Waals surface area contributed by atoms with E-state index in [2.05, 4.69) is 11.1 Å². The Morgan fingerprint density at radius 2 is 2.08 bits per heavy atom. The van der Waals surface area contributed by atoms with Gasteiger partial charge in [0.1, 0.15) is 17.3 Å². The van der Waals surface area contributed by atoms with Crippen LogP contribution in [0.4, 0.5) is 0 Å². The Balaban J connectivity index is 1.52. The number of rotatable bonds is 8. The molecule has 2 atom stereocenters. The lowest BCUT2D eigenvalue weighted by Gasteiger charge is -2.25. The number of amides is 2. The molecule has 192 valence electrons. The lowest BCUT2D eigenvalue weighted by molar-refractivity contribution is -0.155. The van der Waals surface area contributed by atoms with Crippen molar-refractivity contribution in [2.75, 3.05) is 7.11 Å². The van der Waals surface area contributed by atoms with E-state index >= 15 is 0 Å². The third-order valence-corrected chi connectivity index (χ3v) is 6.51. The van der Waals surface area contributed by atoms with Crippen LogP contribution in [0.15, 0.2) is 35.1 Å². The van der Waals surface area contributed by atoms with Gasteiger partial charge < -0.3 is 24.5 Å². The molecule has 1 aromatic carbocycles. The van der Waals surface area contributed by atoms with E-state index in [1.54, 1.807) is 33.9 Å². The normalized spacial score (nSPS) is 18.6. The number of esters is 1. The number of nitrogens with zero attached hydrogens (tertiary/aromatic N) is 2. The summed E-state index contributed by atoms with van der Waals surface area (Å²) in [5.41, 5.74) is 8.90. The van der Waals surface area contributed by atoms with Crippen molar-refractivity contribution in [1.82, 2.24) is 9.88 Å². The molecular formula is C27H33N3O6. The largest absolute Gasteiger partial charge is 0.460 e. The van der Waals surface area contributed by atoms with Gasteiger partial charge >= 0.3 is 5.97 Å². The van der Waals surface area contributed by atoms with Crippen molar-refractivity contribution in [1.29, 1.82) is 0 Å². The van der Waals surface area contributed by atoms with Crippen LogP contribution in [0.25, 0.3) is 16.8 Å². The third-order valence-electron chi connectivity index (χ3n) is 6.51. The molecule has 1 aromatic heterocycles. The molecule has 2 amide bonds. The number of fused-ring (bicyclic) bond motifs is 1. The van der Waals surface area contributed by atoms with Crippen molar-refractivity contribution in [3.8, 4) is 11.3 Å². The number of ether oxygens (including phenoxy) is 2. The molecule has 2 N–H and O–H groups in total. The smallest absolute Gasteiger partial charge is 0.306 e. The summed E-state index contributed by atoms with van der Waals surface area (Å²) in [5.74, 6) is -0.659. The van der Waals surface area contributed by atoms with Crippen molar-refractivity contribution < 1.29 is 28.3 Å². The van der Waals surface area contributed by atoms with Crippen LogP contribution in [0.5, 0.6) is 0 Å². The summed E-state index contributed by atoms with van der Waals surface area (Å²) in [6.07, 6.45) is 6.41. The molecule has 9 nitrogen and oxygen atoms in total. The van der Waals surface area contributed by atoms with E-state index in [9.17, 15) is 14.4 Å². The molecule has 2 heterocycles. The number of oxazole rings is 1. The molecule has 2 aliphatic rings. The standard InChI is InChI=1S/C27H33N3O6/c1-27(2,3)36-22(31)12-11-21(25(28)32)30-14-18-13-17(7-10-20(18)26(30)33)23-24(35-15-29-23)16-5-8-19(34-4)9-6-16/h5,7,10,13,15,19,21H,6,8-9,11-12,14H2,1-4H3,(H2,28,32). The van der Waals surface area contributed by atoms with Crippen molar-refractivity contribution in [2.24, 2.45) is 5.73 Å². The number of methoxy groups -OCH3 is 1. The maximum Gasteiger partial charge on any atom is 0.306 e. The molecule has 0 bridgehead atoms. The number of aromatic nitrogens is 1. The minimum Gasteiger partial charge on any atom is -0.460 e. The molecule has 0 radical (unpaired) electrons. The zero-order valence-electron chi connectivity index (χ0n) is 21.2. The van der Waals surface area contributed by atoms with Gasteiger partial charge in [-0.1, -0.05) is 12.1 Å². The quantitative estimate of drug-likeness (QED) is 0.551. The number of hydrogen-bond acceptors (Lipinski definition) is 7. The van der Waals surface area contributed by atoms with Crippen molar-refractivity contribution in [2.45, 2.75) is 77.2 Å². The van der Waals surface area contributed by atoms with Gasteiger partial charge in [0.15, 0.2) is 12.2 Å². The van der Waals surface area contributed by atoms with E-state index in [-0.39, 0.29) is 31.4 Å². The van der Waals surface area contributed by atoms with Gasteiger partial charge in [0, 0.05) is 31.2 Å². The topological polar surface area (TPSA) is 125 Å². The van der Waals surface area contributed by atoms with Crippen molar-refractivity contribution >= 4 is 23.4 Å². The molecule has 0 fully saturated rings. The minimum absolute atomic E-state index is 0.0163. The van der Waals surface area contributed by atoms with E-state index in [4.69, 9.17) is 19.6 Å². The Morgan fingerprint density at radius 3 is 2.72 bits per heavy atom. The predicted octanol–water partition coefficient (Wildman–Crippen LogP) is 3.86. The number of carbonyl (C=O) groups excluding carboxylic acids is 3. The summed E-state index contributed by atoms with van der Waals surface area (Å²) < 4.78 is 16.5. The van der Waals surface area contributed by atoms with Crippen LogP contribution < -0.4 is 5.73 Å². The first kappa shape index (κ1) is 25.6. The molecule has 1 aliphatic carbocycles. The second-order valence-corrected chi connectivity index (χ2v) is 10.2. The Morgan fingerprint density at radius 1 is 1.31 bits per heavy atom. The highest BCUT2D eigenvalue weighted by Gasteiger charge is 2.36. The predicted molar refractivity (Wildman–Crippen MR) is 132 cm³/mol. The fraction of sp³-hybridized carbons (Fsp3) is 0.481. The first-order valence-corrected chi connectivity index (χ1v) is 12.2. The summed E-state index contributed by atoms with van der Waals surface area (Å²) in [5, 5.41) is 0. The third kappa shape index (κ3) is 5.51. The highest BCUT2D eigenvalue weighted by Crippen LogP contribution is 2.36. The lowest BCUT2D eigenvalue weighted by atomic mass is 9.93. The van der Waals surface area contributed by atoms with Gasteiger partial charge in [-0.25, -0.2) is 4.98 Å². The number of carbonyl (C=O) groups is 3. The number of nitrogens with two attached hydrogens (primary N) is 1. The monoisotopic (exact) mass is 495 g/mol.